The van der Waals surface area contributed by atoms with Crippen LogP contribution < -0.4 is 5.32 Å². The number of hydrogen-bond acceptors (Lipinski definition) is 2. The lowest BCUT2D eigenvalue weighted by Gasteiger charge is -2.29. The van der Waals surface area contributed by atoms with E-state index in [0.717, 1.165) is 31.4 Å². The van der Waals surface area contributed by atoms with Gasteiger partial charge in [0.2, 0.25) is 0 Å². The summed E-state index contributed by atoms with van der Waals surface area (Å²) in [6, 6.07) is 1.62. The SMILES string of the molecule is O[C@H]1CCCC[C@@H]1Nc1c(F)cc(F)cc1Cl. The minimum Gasteiger partial charge on any atom is -0.391 e. The zero-order chi connectivity index (χ0) is 12.4. The van der Waals surface area contributed by atoms with Crippen molar-refractivity contribution in [2.24, 2.45) is 0 Å². The Hall–Kier alpha value is -0.870. The number of hydrogen-bond donors (Lipinski definition) is 2. The van der Waals surface area contributed by atoms with Crippen molar-refractivity contribution in [3.05, 3.63) is 28.8 Å². The molecule has 5 heteroatoms. The van der Waals surface area contributed by atoms with Crippen molar-refractivity contribution >= 4 is 17.3 Å². The third-order valence-corrected chi connectivity index (χ3v) is 3.36. The first-order valence-electron chi connectivity index (χ1n) is 5.67. The summed E-state index contributed by atoms with van der Waals surface area (Å²) in [5.74, 6) is -1.44. The molecule has 1 fully saturated rings. The Labute approximate surface area is 104 Å². The summed E-state index contributed by atoms with van der Waals surface area (Å²) in [6.45, 7) is 0. The van der Waals surface area contributed by atoms with Gasteiger partial charge in [0.25, 0.3) is 0 Å². The van der Waals surface area contributed by atoms with Gasteiger partial charge in [-0.1, -0.05) is 24.4 Å². The van der Waals surface area contributed by atoms with E-state index in [1.165, 1.54) is 0 Å². The predicted molar refractivity (Wildman–Crippen MR) is 63.3 cm³/mol. The first-order valence-corrected chi connectivity index (χ1v) is 6.05. The van der Waals surface area contributed by atoms with E-state index in [2.05, 4.69) is 5.32 Å². The number of benzene rings is 1. The van der Waals surface area contributed by atoms with Crippen molar-refractivity contribution in [3.8, 4) is 0 Å². The molecular formula is C12H14ClF2NO. The second-order valence-electron chi connectivity index (χ2n) is 4.35. The highest BCUT2D eigenvalue weighted by Crippen LogP contribution is 2.30. The van der Waals surface area contributed by atoms with Crippen LogP contribution in [-0.4, -0.2) is 17.3 Å². The molecule has 1 aromatic carbocycles. The molecule has 0 spiro atoms. The summed E-state index contributed by atoms with van der Waals surface area (Å²) < 4.78 is 26.4. The fourth-order valence-corrected chi connectivity index (χ4v) is 2.39. The first-order chi connectivity index (χ1) is 8.08. The Morgan fingerprint density at radius 1 is 1.24 bits per heavy atom. The summed E-state index contributed by atoms with van der Waals surface area (Å²) in [5.41, 5.74) is 0.0685. The summed E-state index contributed by atoms with van der Waals surface area (Å²) in [5, 5.41) is 12.6. The molecule has 0 aromatic heterocycles. The van der Waals surface area contributed by atoms with Crippen molar-refractivity contribution in [2.45, 2.75) is 37.8 Å². The number of nitrogens with one attached hydrogen (secondary N) is 1. The maximum Gasteiger partial charge on any atom is 0.150 e. The van der Waals surface area contributed by atoms with Crippen LogP contribution in [0.25, 0.3) is 0 Å². The molecule has 0 unspecified atom stereocenters. The van der Waals surface area contributed by atoms with Gasteiger partial charge in [-0.25, -0.2) is 8.78 Å². The molecule has 2 atom stereocenters. The van der Waals surface area contributed by atoms with Gasteiger partial charge in [0, 0.05) is 6.07 Å². The highest BCUT2D eigenvalue weighted by molar-refractivity contribution is 6.33. The van der Waals surface area contributed by atoms with Gasteiger partial charge in [0.05, 0.1) is 22.9 Å². The van der Waals surface area contributed by atoms with Gasteiger partial charge >= 0.3 is 0 Å². The van der Waals surface area contributed by atoms with Crippen LogP contribution in [0.2, 0.25) is 5.02 Å². The van der Waals surface area contributed by atoms with E-state index >= 15 is 0 Å². The topological polar surface area (TPSA) is 32.3 Å². The summed E-state index contributed by atoms with van der Waals surface area (Å²) in [6.07, 6.45) is 2.89. The largest absolute Gasteiger partial charge is 0.391 e. The normalized spacial score (nSPS) is 24.7. The molecule has 1 aliphatic carbocycles. The van der Waals surface area contributed by atoms with E-state index in [4.69, 9.17) is 11.6 Å². The van der Waals surface area contributed by atoms with Crippen molar-refractivity contribution < 1.29 is 13.9 Å². The summed E-state index contributed by atoms with van der Waals surface area (Å²) >= 11 is 5.78. The Bertz CT molecular complexity index is 390. The maximum absolute atomic E-state index is 13.5. The van der Waals surface area contributed by atoms with E-state index < -0.39 is 17.7 Å². The highest BCUT2D eigenvalue weighted by Gasteiger charge is 2.24. The van der Waals surface area contributed by atoms with Crippen molar-refractivity contribution in [1.82, 2.24) is 0 Å². The van der Waals surface area contributed by atoms with Crippen LogP contribution in [0, 0.1) is 11.6 Å². The van der Waals surface area contributed by atoms with E-state index in [0.29, 0.717) is 6.42 Å². The fourth-order valence-electron chi connectivity index (χ4n) is 2.15. The van der Waals surface area contributed by atoms with Gasteiger partial charge in [-0.05, 0) is 18.9 Å². The van der Waals surface area contributed by atoms with Crippen LogP contribution in [0.15, 0.2) is 12.1 Å². The average Bonchev–Trinajstić information content (AvgIpc) is 2.25. The lowest BCUT2D eigenvalue weighted by atomic mass is 9.92. The molecule has 1 saturated carbocycles. The molecule has 0 heterocycles. The zero-order valence-corrected chi connectivity index (χ0v) is 9.97. The summed E-state index contributed by atoms with van der Waals surface area (Å²) in [4.78, 5) is 0. The Balaban J connectivity index is 2.17. The monoisotopic (exact) mass is 261 g/mol. The molecular weight excluding hydrogens is 248 g/mol. The smallest absolute Gasteiger partial charge is 0.150 e. The molecule has 2 nitrogen and oxygen atoms in total. The molecule has 0 bridgehead atoms. The number of anilines is 1. The fraction of sp³-hybridized carbons (Fsp3) is 0.500. The molecule has 2 rings (SSSR count). The van der Waals surface area contributed by atoms with Crippen LogP contribution >= 0.6 is 11.6 Å². The Kier molecular flexibility index (Phi) is 3.84. The van der Waals surface area contributed by atoms with E-state index in [1.807, 2.05) is 0 Å². The quantitative estimate of drug-likeness (QED) is 0.856. The molecule has 1 aromatic rings. The predicted octanol–water partition coefficient (Wildman–Crippen LogP) is 3.33. The Morgan fingerprint density at radius 2 is 1.94 bits per heavy atom. The number of rotatable bonds is 2. The molecule has 0 saturated heterocycles. The lowest BCUT2D eigenvalue weighted by Crippen LogP contribution is -2.36. The van der Waals surface area contributed by atoms with E-state index in [-0.39, 0.29) is 16.8 Å². The molecule has 1 aliphatic rings. The zero-order valence-electron chi connectivity index (χ0n) is 9.22. The van der Waals surface area contributed by atoms with Gasteiger partial charge in [0.1, 0.15) is 5.82 Å². The van der Waals surface area contributed by atoms with Crippen molar-refractivity contribution in [1.29, 1.82) is 0 Å². The van der Waals surface area contributed by atoms with Gasteiger partial charge in [-0.15, -0.1) is 0 Å². The lowest BCUT2D eigenvalue weighted by molar-refractivity contribution is 0.116. The number of aliphatic hydroxyl groups is 1. The van der Waals surface area contributed by atoms with E-state index in [9.17, 15) is 13.9 Å². The van der Waals surface area contributed by atoms with Crippen LogP contribution in [0.1, 0.15) is 25.7 Å². The summed E-state index contributed by atoms with van der Waals surface area (Å²) in [7, 11) is 0. The molecule has 94 valence electrons. The van der Waals surface area contributed by atoms with Gasteiger partial charge in [-0.3, -0.25) is 0 Å². The standard InChI is InChI=1S/C12H14ClF2NO/c13-8-5-7(14)6-9(15)12(8)16-10-3-1-2-4-11(10)17/h5-6,10-11,16-17H,1-4H2/t10-,11-/m0/s1. The van der Waals surface area contributed by atoms with Crippen LogP contribution in [0.5, 0.6) is 0 Å². The second kappa shape index (κ2) is 5.19. The third-order valence-electron chi connectivity index (χ3n) is 3.07. The maximum atomic E-state index is 13.5. The minimum atomic E-state index is -0.729. The Morgan fingerprint density at radius 3 is 2.59 bits per heavy atom. The minimum absolute atomic E-state index is 0.000253. The van der Waals surface area contributed by atoms with Crippen molar-refractivity contribution in [3.63, 3.8) is 0 Å². The molecule has 0 aliphatic heterocycles. The first kappa shape index (κ1) is 12.6. The molecule has 0 amide bonds. The van der Waals surface area contributed by atoms with Gasteiger partial charge in [-0.2, -0.15) is 0 Å². The number of aliphatic hydroxyl groups excluding tert-OH is 1. The van der Waals surface area contributed by atoms with Crippen LogP contribution in [0.3, 0.4) is 0 Å². The van der Waals surface area contributed by atoms with Crippen LogP contribution in [0.4, 0.5) is 14.5 Å². The highest BCUT2D eigenvalue weighted by atomic mass is 35.5. The van der Waals surface area contributed by atoms with E-state index in [1.54, 1.807) is 0 Å². The average molecular weight is 262 g/mol. The van der Waals surface area contributed by atoms with Gasteiger partial charge < -0.3 is 10.4 Å². The molecule has 17 heavy (non-hydrogen) atoms. The molecule has 2 N–H and O–H groups in total. The van der Waals surface area contributed by atoms with Crippen molar-refractivity contribution in [2.75, 3.05) is 5.32 Å². The van der Waals surface area contributed by atoms with Gasteiger partial charge in [0.15, 0.2) is 5.82 Å². The third kappa shape index (κ3) is 2.87. The van der Waals surface area contributed by atoms with Crippen LogP contribution in [-0.2, 0) is 0 Å². The molecule has 0 radical (unpaired) electrons. The number of halogens is 3. The second-order valence-corrected chi connectivity index (χ2v) is 4.75.